The molecule has 1 heterocycles. The lowest BCUT2D eigenvalue weighted by Crippen LogP contribution is -2.42. The first-order valence-electron chi connectivity index (χ1n) is 4.67. The van der Waals surface area contributed by atoms with E-state index in [0.29, 0.717) is 5.52 Å². The number of rotatable bonds is 2. The fraction of sp³-hybridized carbons (Fsp3) is 0.300. The number of aromatic nitrogens is 2. The first-order chi connectivity index (χ1) is 7.06. The molecule has 0 saturated carbocycles. The molecule has 0 aliphatic heterocycles. The van der Waals surface area contributed by atoms with Gasteiger partial charge in [-0.25, -0.2) is 9.82 Å². The molecule has 1 aromatic heterocycles. The van der Waals surface area contributed by atoms with Crippen LogP contribution in [0.2, 0.25) is 0 Å². The number of nitrogens with one attached hydrogen (secondary N) is 2. The first-order valence-corrected chi connectivity index (χ1v) is 4.67. The third kappa shape index (κ3) is 1.89. The van der Waals surface area contributed by atoms with E-state index in [2.05, 4.69) is 15.6 Å². The van der Waals surface area contributed by atoms with E-state index in [1.54, 1.807) is 6.07 Å². The maximum Gasteiger partial charge on any atom is 0.151 e. The lowest BCUT2D eigenvalue weighted by Gasteiger charge is -2.22. The molecule has 0 aliphatic rings. The topological polar surface area (TPSA) is 66.7 Å². The number of H-pyrrole nitrogens is 1. The third-order valence-electron chi connectivity index (χ3n) is 2.52. The predicted molar refractivity (Wildman–Crippen MR) is 63.6 cm³/mol. The van der Waals surface area contributed by atoms with Crippen molar-refractivity contribution in [2.24, 2.45) is 5.84 Å². The second-order valence-electron chi connectivity index (χ2n) is 4.00. The van der Waals surface area contributed by atoms with Gasteiger partial charge in [0.2, 0.25) is 0 Å². The summed E-state index contributed by atoms with van der Waals surface area (Å²) in [6.45, 7) is 3.79. The quantitative estimate of drug-likeness (QED) is 0.558. The van der Waals surface area contributed by atoms with E-state index in [1.807, 2.05) is 19.9 Å². The normalized spacial score (nSPS) is 11.5. The van der Waals surface area contributed by atoms with E-state index >= 15 is 0 Å². The maximum absolute atomic E-state index is 13.4. The molecule has 0 spiro atoms. The SMILES string of the molecule is CC(C)(NN)c1[nH]nc2c(F)cccc12.Cl. The number of benzene rings is 1. The molecule has 2 aromatic rings. The summed E-state index contributed by atoms with van der Waals surface area (Å²) >= 11 is 0. The van der Waals surface area contributed by atoms with Gasteiger partial charge < -0.3 is 0 Å². The van der Waals surface area contributed by atoms with Crippen LogP contribution in [0.4, 0.5) is 4.39 Å². The van der Waals surface area contributed by atoms with E-state index in [1.165, 1.54) is 6.07 Å². The molecule has 0 bridgehead atoms. The minimum absolute atomic E-state index is 0. The minimum Gasteiger partial charge on any atom is -0.279 e. The van der Waals surface area contributed by atoms with Crippen LogP contribution in [0.15, 0.2) is 18.2 Å². The zero-order valence-corrected chi connectivity index (χ0v) is 9.86. The molecule has 0 saturated heterocycles. The monoisotopic (exact) mass is 244 g/mol. The minimum atomic E-state index is -0.470. The molecule has 16 heavy (non-hydrogen) atoms. The highest BCUT2D eigenvalue weighted by atomic mass is 35.5. The Labute approximate surface area is 98.8 Å². The van der Waals surface area contributed by atoms with Crippen molar-refractivity contribution in [2.75, 3.05) is 0 Å². The van der Waals surface area contributed by atoms with Crippen LogP contribution in [0.1, 0.15) is 19.5 Å². The number of hydrogen-bond donors (Lipinski definition) is 3. The van der Waals surface area contributed by atoms with E-state index in [-0.39, 0.29) is 18.2 Å². The van der Waals surface area contributed by atoms with Gasteiger partial charge in [-0.2, -0.15) is 5.10 Å². The van der Waals surface area contributed by atoms with E-state index in [0.717, 1.165) is 11.1 Å². The van der Waals surface area contributed by atoms with Gasteiger partial charge in [-0.05, 0) is 19.9 Å². The van der Waals surface area contributed by atoms with Crippen LogP contribution in [0, 0.1) is 5.82 Å². The largest absolute Gasteiger partial charge is 0.279 e. The predicted octanol–water partition coefficient (Wildman–Crippen LogP) is 1.82. The number of nitrogens with zero attached hydrogens (tertiary/aromatic N) is 1. The Hall–Kier alpha value is -1.17. The average molecular weight is 245 g/mol. The second-order valence-corrected chi connectivity index (χ2v) is 4.00. The Morgan fingerprint density at radius 3 is 2.75 bits per heavy atom. The van der Waals surface area contributed by atoms with Gasteiger partial charge in [-0.3, -0.25) is 10.9 Å². The van der Waals surface area contributed by atoms with Gasteiger partial charge in [-0.15, -0.1) is 12.4 Å². The molecular formula is C10H14ClFN4. The average Bonchev–Trinajstić information content (AvgIpc) is 2.63. The highest BCUT2D eigenvalue weighted by Crippen LogP contribution is 2.26. The summed E-state index contributed by atoms with van der Waals surface area (Å²) in [7, 11) is 0. The van der Waals surface area contributed by atoms with Gasteiger partial charge in [0.05, 0.1) is 11.2 Å². The maximum atomic E-state index is 13.4. The van der Waals surface area contributed by atoms with Crippen LogP contribution in [-0.4, -0.2) is 10.2 Å². The lowest BCUT2D eigenvalue weighted by atomic mass is 9.98. The Morgan fingerprint density at radius 1 is 1.44 bits per heavy atom. The van der Waals surface area contributed by atoms with Crippen molar-refractivity contribution in [3.05, 3.63) is 29.7 Å². The fourth-order valence-corrected chi connectivity index (χ4v) is 1.55. The van der Waals surface area contributed by atoms with Crippen LogP contribution in [-0.2, 0) is 5.54 Å². The van der Waals surface area contributed by atoms with E-state index in [4.69, 9.17) is 5.84 Å². The summed E-state index contributed by atoms with van der Waals surface area (Å²) in [5.74, 6) is 5.10. The highest BCUT2D eigenvalue weighted by Gasteiger charge is 2.24. The summed E-state index contributed by atoms with van der Waals surface area (Å²) < 4.78 is 13.4. The first kappa shape index (κ1) is 12.9. The number of hydrazine groups is 1. The number of halogens is 2. The molecule has 0 atom stereocenters. The molecule has 88 valence electrons. The molecule has 2 rings (SSSR count). The smallest absolute Gasteiger partial charge is 0.151 e. The number of fused-ring (bicyclic) bond motifs is 1. The van der Waals surface area contributed by atoms with Gasteiger partial charge >= 0.3 is 0 Å². The molecule has 0 aliphatic carbocycles. The third-order valence-corrected chi connectivity index (χ3v) is 2.52. The molecule has 4 nitrogen and oxygen atoms in total. The standard InChI is InChI=1S/C10H13FN4.ClH/c1-10(2,15-12)9-6-4-3-5-7(11)8(6)13-14-9;/h3-5,15H,12H2,1-2H3,(H,13,14);1H. The molecule has 0 unspecified atom stereocenters. The molecule has 0 fully saturated rings. The molecule has 1 aromatic carbocycles. The zero-order chi connectivity index (χ0) is 11.1. The van der Waals surface area contributed by atoms with Gasteiger partial charge in [0, 0.05) is 5.39 Å². The van der Waals surface area contributed by atoms with Crippen molar-refractivity contribution in [1.29, 1.82) is 0 Å². The van der Waals surface area contributed by atoms with Crippen LogP contribution < -0.4 is 11.3 Å². The number of hydrogen-bond acceptors (Lipinski definition) is 3. The number of para-hydroxylation sites is 1. The van der Waals surface area contributed by atoms with Crippen molar-refractivity contribution < 1.29 is 4.39 Å². The van der Waals surface area contributed by atoms with Gasteiger partial charge in [0.1, 0.15) is 5.52 Å². The summed E-state index contributed by atoms with van der Waals surface area (Å²) in [6, 6.07) is 4.86. The molecule has 4 N–H and O–H groups in total. The van der Waals surface area contributed by atoms with Crippen molar-refractivity contribution in [2.45, 2.75) is 19.4 Å². The Morgan fingerprint density at radius 2 is 2.12 bits per heavy atom. The van der Waals surface area contributed by atoms with E-state index in [9.17, 15) is 4.39 Å². The van der Waals surface area contributed by atoms with Crippen LogP contribution >= 0.6 is 12.4 Å². The van der Waals surface area contributed by atoms with Crippen molar-refractivity contribution in [3.63, 3.8) is 0 Å². The molecular weight excluding hydrogens is 231 g/mol. The van der Waals surface area contributed by atoms with Crippen molar-refractivity contribution in [1.82, 2.24) is 15.6 Å². The fourth-order valence-electron chi connectivity index (χ4n) is 1.55. The summed E-state index contributed by atoms with van der Waals surface area (Å²) in [5.41, 5.74) is 3.31. The van der Waals surface area contributed by atoms with Crippen LogP contribution in [0.3, 0.4) is 0 Å². The van der Waals surface area contributed by atoms with Crippen molar-refractivity contribution in [3.8, 4) is 0 Å². The second kappa shape index (κ2) is 4.37. The van der Waals surface area contributed by atoms with Gasteiger partial charge in [0.25, 0.3) is 0 Å². The van der Waals surface area contributed by atoms with E-state index < -0.39 is 5.54 Å². The molecule has 0 radical (unpaired) electrons. The molecule has 6 heteroatoms. The highest BCUT2D eigenvalue weighted by molar-refractivity contribution is 5.85. The zero-order valence-electron chi connectivity index (χ0n) is 9.04. The Balaban J connectivity index is 0.00000128. The Kier molecular flexibility index (Phi) is 3.52. The van der Waals surface area contributed by atoms with Crippen molar-refractivity contribution >= 4 is 23.3 Å². The Bertz CT molecular complexity index is 495. The van der Waals surface area contributed by atoms with Gasteiger partial charge in [-0.1, -0.05) is 12.1 Å². The van der Waals surface area contributed by atoms with Crippen LogP contribution in [0.5, 0.6) is 0 Å². The lowest BCUT2D eigenvalue weighted by molar-refractivity contribution is 0.405. The number of aromatic amines is 1. The number of nitrogens with two attached hydrogens (primary N) is 1. The summed E-state index contributed by atoms with van der Waals surface area (Å²) in [5, 5.41) is 7.50. The summed E-state index contributed by atoms with van der Waals surface area (Å²) in [4.78, 5) is 0. The van der Waals surface area contributed by atoms with Crippen LogP contribution in [0.25, 0.3) is 10.9 Å². The molecule has 0 amide bonds. The summed E-state index contributed by atoms with van der Waals surface area (Å²) in [6.07, 6.45) is 0. The van der Waals surface area contributed by atoms with Gasteiger partial charge in [0.15, 0.2) is 5.82 Å².